The van der Waals surface area contributed by atoms with E-state index in [9.17, 15) is 4.79 Å². The van der Waals surface area contributed by atoms with Crippen LogP contribution in [0.4, 0.5) is 0 Å². The van der Waals surface area contributed by atoms with Crippen molar-refractivity contribution in [3.8, 4) is 0 Å². The van der Waals surface area contributed by atoms with Crippen LogP contribution in [-0.4, -0.2) is 47.4 Å². The Bertz CT molecular complexity index is 132. The standard InChI is InChI=1S/C7H15NO3S/c1-8-7(11)2-3-12-5-6(10)4-9/h6,9-10H,2-5H2,1H3,(H,8,11). The molecule has 0 rings (SSSR count). The zero-order chi connectivity index (χ0) is 9.40. The minimum absolute atomic E-state index is 0.000915. The van der Waals surface area contributed by atoms with E-state index in [0.717, 1.165) is 0 Å². The number of aliphatic hydroxyl groups excluding tert-OH is 2. The minimum atomic E-state index is -0.667. The molecule has 0 aliphatic carbocycles. The highest BCUT2D eigenvalue weighted by Gasteiger charge is 2.02. The van der Waals surface area contributed by atoms with Gasteiger partial charge < -0.3 is 15.5 Å². The third-order valence-corrected chi connectivity index (χ3v) is 2.39. The molecule has 0 heterocycles. The number of aliphatic hydroxyl groups is 2. The topological polar surface area (TPSA) is 69.6 Å². The smallest absolute Gasteiger partial charge is 0.220 e. The molecule has 0 radical (unpaired) electrons. The molecule has 0 aliphatic rings. The van der Waals surface area contributed by atoms with Crippen LogP contribution in [0.1, 0.15) is 6.42 Å². The van der Waals surface area contributed by atoms with Crippen molar-refractivity contribution in [2.24, 2.45) is 0 Å². The van der Waals surface area contributed by atoms with E-state index in [4.69, 9.17) is 10.2 Å². The highest BCUT2D eigenvalue weighted by Crippen LogP contribution is 2.04. The van der Waals surface area contributed by atoms with Crippen LogP contribution in [0.3, 0.4) is 0 Å². The Labute approximate surface area is 76.4 Å². The van der Waals surface area contributed by atoms with Crippen LogP contribution in [0.25, 0.3) is 0 Å². The summed E-state index contributed by atoms with van der Waals surface area (Å²) in [6.07, 6.45) is -0.209. The van der Waals surface area contributed by atoms with Gasteiger partial charge in [-0.25, -0.2) is 0 Å². The van der Waals surface area contributed by atoms with Crippen molar-refractivity contribution < 1.29 is 15.0 Å². The molecular formula is C7H15NO3S. The van der Waals surface area contributed by atoms with Gasteiger partial charge >= 0.3 is 0 Å². The predicted molar refractivity (Wildman–Crippen MR) is 49.1 cm³/mol. The zero-order valence-corrected chi connectivity index (χ0v) is 7.93. The lowest BCUT2D eigenvalue weighted by Crippen LogP contribution is -2.19. The summed E-state index contributed by atoms with van der Waals surface area (Å²) in [6, 6.07) is 0. The first-order valence-corrected chi connectivity index (χ1v) is 4.93. The highest BCUT2D eigenvalue weighted by atomic mass is 32.2. The molecule has 12 heavy (non-hydrogen) atoms. The third kappa shape index (κ3) is 6.45. The van der Waals surface area contributed by atoms with Gasteiger partial charge in [0, 0.05) is 25.0 Å². The maximum Gasteiger partial charge on any atom is 0.220 e. The molecule has 0 aromatic carbocycles. The largest absolute Gasteiger partial charge is 0.394 e. The van der Waals surface area contributed by atoms with Crippen molar-refractivity contribution in [1.29, 1.82) is 0 Å². The molecule has 0 aromatic rings. The second-order valence-electron chi connectivity index (χ2n) is 2.33. The maximum atomic E-state index is 10.7. The van der Waals surface area contributed by atoms with Gasteiger partial charge in [0.2, 0.25) is 5.91 Å². The van der Waals surface area contributed by atoms with Crippen molar-refractivity contribution in [3.05, 3.63) is 0 Å². The van der Waals surface area contributed by atoms with Crippen molar-refractivity contribution in [3.63, 3.8) is 0 Å². The van der Waals surface area contributed by atoms with Gasteiger partial charge in [-0.3, -0.25) is 4.79 Å². The Balaban J connectivity index is 3.15. The van der Waals surface area contributed by atoms with Gasteiger partial charge in [-0.2, -0.15) is 11.8 Å². The van der Waals surface area contributed by atoms with Gasteiger partial charge in [0.25, 0.3) is 0 Å². The monoisotopic (exact) mass is 193 g/mol. The van der Waals surface area contributed by atoms with E-state index in [0.29, 0.717) is 17.9 Å². The lowest BCUT2D eigenvalue weighted by atomic mass is 10.4. The van der Waals surface area contributed by atoms with Crippen molar-refractivity contribution in [2.75, 3.05) is 25.2 Å². The number of carbonyl (C=O) groups excluding carboxylic acids is 1. The molecule has 0 saturated heterocycles. The van der Waals surface area contributed by atoms with E-state index in [1.54, 1.807) is 7.05 Å². The van der Waals surface area contributed by atoms with Crippen LogP contribution in [-0.2, 0) is 4.79 Å². The molecule has 1 atom stereocenters. The molecule has 4 nitrogen and oxygen atoms in total. The number of hydrogen-bond donors (Lipinski definition) is 3. The van der Waals surface area contributed by atoms with Crippen LogP contribution in [0.2, 0.25) is 0 Å². The van der Waals surface area contributed by atoms with Crippen LogP contribution < -0.4 is 5.32 Å². The SMILES string of the molecule is CNC(=O)CCSCC(O)CO. The molecule has 0 bridgehead atoms. The Hall–Kier alpha value is -0.260. The van der Waals surface area contributed by atoms with Crippen LogP contribution in [0.5, 0.6) is 0 Å². The quantitative estimate of drug-likeness (QED) is 0.483. The zero-order valence-electron chi connectivity index (χ0n) is 7.12. The summed E-state index contributed by atoms with van der Waals surface area (Å²) in [4.78, 5) is 10.7. The van der Waals surface area contributed by atoms with Crippen LogP contribution in [0, 0.1) is 0 Å². The first-order chi connectivity index (χ1) is 5.70. The molecule has 0 aliphatic heterocycles. The Morgan fingerprint density at radius 3 is 2.83 bits per heavy atom. The van der Waals surface area contributed by atoms with E-state index < -0.39 is 6.10 Å². The average molecular weight is 193 g/mol. The lowest BCUT2D eigenvalue weighted by molar-refractivity contribution is -0.120. The fourth-order valence-corrected chi connectivity index (χ4v) is 1.44. The summed E-state index contributed by atoms with van der Waals surface area (Å²) in [7, 11) is 1.59. The van der Waals surface area contributed by atoms with Crippen molar-refractivity contribution in [2.45, 2.75) is 12.5 Å². The van der Waals surface area contributed by atoms with Gasteiger partial charge in [0.05, 0.1) is 12.7 Å². The van der Waals surface area contributed by atoms with Crippen LogP contribution >= 0.6 is 11.8 Å². The van der Waals surface area contributed by atoms with Crippen molar-refractivity contribution >= 4 is 17.7 Å². The summed E-state index contributed by atoms with van der Waals surface area (Å²) in [6.45, 7) is -0.215. The number of nitrogens with one attached hydrogen (secondary N) is 1. The number of amides is 1. The number of hydrogen-bond acceptors (Lipinski definition) is 4. The molecule has 1 amide bonds. The lowest BCUT2D eigenvalue weighted by Gasteiger charge is -2.05. The molecule has 0 aromatic heterocycles. The molecule has 5 heteroatoms. The number of carbonyl (C=O) groups is 1. The summed E-state index contributed by atoms with van der Waals surface area (Å²) < 4.78 is 0. The molecule has 72 valence electrons. The Morgan fingerprint density at radius 1 is 1.67 bits per heavy atom. The summed E-state index contributed by atoms with van der Waals surface area (Å²) in [5.74, 6) is 1.16. The molecule has 0 spiro atoms. The normalized spacial score (nSPS) is 12.6. The minimum Gasteiger partial charge on any atom is -0.394 e. The second kappa shape index (κ2) is 7.39. The van der Waals surface area contributed by atoms with E-state index in [1.165, 1.54) is 11.8 Å². The molecule has 0 saturated carbocycles. The fraction of sp³-hybridized carbons (Fsp3) is 0.857. The molecule has 0 fully saturated rings. The summed E-state index contributed by atoms with van der Waals surface area (Å²) in [5.41, 5.74) is 0. The van der Waals surface area contributed by atoms with Crippen LogP contribution in [0.15, 0.2) is 0 Å². The van der Waals surface area contributed by atoms with Gasteiger partial charge in [0.15, 0.2) is 0 Å². The Kier molecular flexibility index (Phi) is 7.23. The van der Waals surface area contributed by atoms with E-state index in [-0.39, 0.29) is 12.5 Å². The summed E-state index contributed by atoms with van der Waals surface area (Å²) >= 11 is 1.46. The number of thioether (sulfide) groups is 1. The molecule has 3 N–H and O–H groups in total. The molecular weight excluding hydrogens is 178 g/mol. The molecule has 1 unspecified atom stereocenters. The predicted octanol–water partition coefficient (Wildman–Crippen LogP) is -0.791. The third-order valence-electron chi connectivity index (χ3n) is 1.27. The number of rotatable bonds is 6. The van der Waals surface area contributed by atoms with Gasteiger partial charge in [0.1, 0.15) is 0 Å². The first kappa shape index (κ1) is 11.7. The van der Waals surface area contributed by atoms with Gasteiger partial charge in [-0.1, -0.05) is 0 Å². The van der Waals surface area contributed by atoms with E-state index in [1.807, 2.05) is 0 Å². The Morgan fingerprint density at radius 2 is 2.33 bits per heavy atom. The first-order valence-electron chi connectivity index (χ1n) is 3.78. The second-order valence-corrected chi connectivity index (χ2v) is 3.48. The van der Waals surface area contributed by atoms with E-state index >= 15 is 0 Å². The van der Waals surface area contributed by atoms with Gasteiger partial charge in [-0.15, -0.1) is 0 Å². The fourth-order valence-electron chi connectivity index (χ4n) is 0.562. The van der Waals surface area contributed by atoms with Crippen molar-refractivity contribution in [1.82, 2.24) is 5.32 Å². The van der Waals surface area contributed by atoms with Gasteiger partial charge in [-0.05, 0) is 0 Å². The van der Waals surface area contributed by atoms with E-state index in [2.05, 4.69) is 5.32 Å². The summed E-state index contributed by atoms with van der Waals surface area (Å²) in [5, 5.41) is 19.9. The highest BCUT2D eigenvalue weighted by molar-refractivity contribution is 7.99. The maximum absolute atomic E-state index is 10.7. The average Bonchev–Trinajstić information content (AvgIpc) is 2.11.